The van der Waals surface area contributed by atoms with Crippen molar-refractivity contribution in [2.75, 3.05) is 33.0 Å². The summed E-state index contributed by atoms with van der Waals surface area (Å²) in [4.78, 5) is 23.8. The van der Waals surface area contributed by atoms with Crippen LogP contribution in [-0.2, 0) is 19.1 Å². The first-order chi connectivity index (χ1) is 10.5. The van der Waals surface area contributed by atoms with Crippen molar-refractivity contribution in [2.45, 2.75) is 6.04 Å². The average Bonchev–Trinajstić information content (AvgIpc) is 2.45. The normalized spacial score (nSPS) is 18.3. The zero-order chi connectivity index (χ0) is 16.1. The van der Waals surface area contributed by atoms with Crippen molar-refractivity contribution in [1.29, 1.82) is 0 Å². The molecule has 1 aromatic carbocycles. The SMILES string of the molecule is O=C(O)COCC(=O)N1CCOCC1c1cc(F)cc(F)c1. The Hall–Kier alpha value is -2.06. The van der Waals surface area contributed by atoms with Gasteiger partial charge in [0.2, 0.25) is 5.91 Å². The number of hydrogen-bond acceptors (Lipinski definition) is 4. The number of hydrogen-bond donors (Lipinski definition) is 1. The smallest absolute Gasteiger partial charge is 0.329 e. The molecule has 1 atom stereocenters. The lowest BCUT2D eigenvalue weighted by Gasteiger charge is -2.35. The Morgan fingerprint density at radius 3 is 2.59 bits per heavy atom. The van der Waals surface area contributed by atoms with Gasteiger partial charge in [0.15, 0.2) is 0 Å². The van der Waals surface area contributed by atoms with Crippen molar-refractivity contribution in [3.63, 3.8) is 0 Å². The van der Waals surface area contributed by atoms with Crippen LogP contribution in [0.5, 0.6) is 0 Å². The topological polar surface area (TPSA) is 76.1 Å². The van der Waals surface area contributed by atoms with E-state index in [2.05, 4.69) is 0 Å². The molecule has 0 radical (unpaired) electrons. The van der Waals surface area contributed by atoms with Crippen LogP contribution >= 0.6 is 0 Å². The molecular formula is C14H15F2NO5. The third-order valence-electron chi connectivity index (χ3n) is 3.17. The van der Waals surface area contributed by atoms with Gasteiger partial charge in [-0.25, -0.2) is 13.6 Å². The number of benzene rings is 1. The molecule has 1 heterocycles. The summed E-state index contributed by atoms with van der Waals surface area (Å²) >= 11 is 0. The van der Waals surface area contributed by atoms with Crippen molar-refractivity contribution in [3.8, 4) is 0 Å². The van der Waals surface area contributed by atoms with Gasteiger partial charge >= 0.3 is 5.97 Å². The Morgan fingerprint density at radius 2 is 1.95 bits per heavy atom. The number of halogens is 2. The van der Waals surface area contributed by atoms with Gasteiger partial charge in [0.1, 0.15) is 24.8 Å². The number of carbonyl (C=O) groups excluding carboxylic acids is 1. The first-order valence-electron chi connectivity index (χ1n) is 6.60. The lowest BCUT2D eigenvalue weighted by Crippen LogP contribution is -2.45. The fourth-order valence-corrected chi connectivity index (χ4v) is 2.25. The predicted octanol–water partition coefficient (Wildman–Crippen LogP) is 0.966. The Bertz CT molecular complexity index is 546. The average molecular weight is 315 g/mol. The van der Waals surface area contributed by atoms with E-state index in [0.29, 0.717) is 6.61 Å². The van der Waals surface area contributed by atoms with Gasteiger partial charge in [-0.1, -0.05) is 0 Å². The van der Waals surface area contributed by atoms with Gasteiger partial charge in [-0.15, -0.1) is 0 Å². The van der Waals surface area contributed by atoms with Crippen LogP contribution in [0.15, 0.2) is 18.2 Å². The lowest BCUT2D eigenvalue weighted by atomic mass is 10.0. The number of amides is 1. The monoisotopic (exact) mass is 315 g/mol. The van der Waals surface area contributed by atoms with Crippen molar-refractivity contribution in [1.82, 2.24) is 4.90 Å². The third kappa shape index (κ3) is 4.22. The van der Waals surface area contributed by atoms with Crippen LogP contribution in [0.2, 0.25) is 0 Å². The molecule has 1 saturated heterocycles. The molecule has 0 bridgehead atoms. The molecule has 0 saturated carbocycles. The van der Waals surface area contributed by atoms with Gasteiger partial charge in [0, 0.05) is 12.6 Å². The third-order valence-corrected chi connectivity index (χ3v) is 3.17. The lowest BCUT2D eigenvalue weighted by molar-refractivity contribution is -0.150. The second kappa shape index (κ2) is 7.28. The molecule has 1 unspecified atom stereocenters. The minimum Gasteiger partial charge on any atom is -0.480 e. The number of rotatable bonds is 5. The van der Waals surface area contributed by atoms with E-state index in [4.69, 9.17) is 14.6 Å². The van der Waals surface area contributed by atoms with Gasteiger partial charge in [0.05, 0.1) is 19.3 Å². The zero-order valence-electron chi connectivity index (χ0n) is 11.6. The number of nitrogens with zero attached hydrogens (tertiary/aromatic N) is 1. The Balaban J connectivity index is 2.10. The second-order valence-corrected chi connectivity index (χ2v) is 4.77. The molecule has 1 N–H and O–H groups in total. The first-order valence-corrected chi connectivity index (χ1v) is 6.60. The summed E-state index contributed by atoms with van der Waals surface area (Å²) in [6.07, 6.45) is 0. The first kappa shape index (κ1) is 16.3. The molecule has 22 heavy (non-hydrogen) atoms. The van der Waals surface area contributed by atoms with E-state index in [9.17, 15) is 18.4 Å². The van der Waals surface area contributed by atoms with E-state index in [-0.39, 0.29) is 18.7 Å². The van der Waals surface area contributed by atoms with Gasteiger partial charge in [-0.3, -0.25) is 4.79 Å². The maximum absolute atomic E-state index is 13.3. The molecule has 1 amide bonds. The standard InChI is InChI=1S/C14H15F2NO5/c15-10-3-9(4-11(16)5-10)12-6-21-2-1-17(12)13(18)7-22-8-14(19)20/h3-5,12H,1-2,6-8H2,(H,19,20). The van der Waals surface area contributed by atoms with Crippen LogP contribution in [-0.4, -0.2) is 54.9 Å². The minimum atomic E-state index is -1.18. The van der Waals surface area contributed by atoms with Gasteiger partial charge in [-0.2, -0.15) is 0 Å². The van der Waals surface area contributed by atoms with Crippen LogP contribution in [0.1, 0.15) is 11.6 Å². The van der Waals surface area contributed by atoms with Crippen LogP contribution in [0, 0.1) is 11.6 Å². The predicted molar refractivity (Wildman–Crippen MR) is 70.1 cm³/mol. The highest BCUT2D eigenvalue weighted by Crippen LogP contribution is 2.25. The number of carbonyl (C=O) groups is 2. The molecule has 1 aliphatic rings. The van der Waals surface area contributed by atoms with E-state index >= 15 is 0 Å². The van der Waals surface area contributed by atoms with E-state index in [0.717, 1.165) is 18.2 Å². The Kier molecular flexibility index (Phi) is 5.40. The van der Waals surface area contributed by atoms with Crippen molar-refractivity contribution < 1.29 is 33.0 Å². The fraction of sp³-hybridized carbons (Fsp3) is 0.429. The number of morpholine rings is 1. The number of carboxylic acid groups (broad SMARTS) is 1. The molecule has 0 aromatic heterocycles. The molecule has 2 rings (SSSR count). The molecule has 1 aliphatic heterocycles. The summed E-state index contributed by atoms with van der Waals surface area (Å²) in [5.74, 6) is -3.12. The summed E-state index contributed by atoms with van der Waals surface area (Å²) in [5.41, 5.74) is 0.281. The summed E-state index contributed by atoms with van der Waals surface area (Å²) in [6, 6.07) is 2.39. The molecule has 120 valence electrons. The molecular weight excluding hydrogens is 300 g/mol. The minimum absolute atomic E-state index is 0.105. The quantitative estimate of drug-likeness (QED) is 0.876. The molecule has 1 aromatic rings. The highest BCUT2D eigenvalue weighted by Gasteiger charge is 2.29. The van der Waals surface area contributed by atoms with Gasteiger partial charge < -0.3 is 19.5 Å². The number of carboxylic acids is 1. The Morgan fingerprint density at radius 1 is 1.27 bits per heavy atom. The Labute approximate surface area is 125 Å². The highest BCUT2D eigenvalue weighted by atomic mass is 19.1. The maximum Gasteiger partial charge on any atom is 0.329 e. The summed E-state index contributed by atoms with van der Waals surface area (Å²) in [5, 5.41) is 8.47. The van der Waals surface area contributed by atoms with E-state index < -0.39 is 42.8 Å². The van der Waals surface area contributed by atoms with Crippen LogP contribution in [0.25, 0.3) is 0 Å². The largest absolute Gasteiger partial charge is 0.480 e. The number of aliphatic carboxylic acids is 1. The summed E-state index contributed by atoms with van der Waals surface area (Å²) < 4.78 is 36.7. The number of ether oxygens (including phenoxy) is 2. The molecule has 6 nitrogen and oxygen atoms in total. The molecule has 0 aliphatic carbocycles. The van der Waals surface area contributed by atoms with E-state index in [1.54, 1.807) is 0 Å². The van der Waals surface area contributed by atoms with Crippen LogP contribution < -0.4 is 0 Å². The van der Waals surface area contributed by atoms with Crippen molar-refractivity contribution in [2.24, 2.45) is 0 Å². The molecule has 0 spiro atoms. The maximum atomic E-state index is 13.3. The van der Waals surface area contributed by atoms with Crippen molar-refractivity contribution >= 4 is 11.9 Å². The van der Waals surface area contributed by atoms with Crippen LogP contribution in [0.4, 0.5) is 8.78 Å². The highest BCUT2D eigenvalue weighted by molar-refractivity contribution is 5.78. The second-order valence-electron chi connectivity index (χ2n) is 4.77. The fourth-order valence-electron chi connectivity index (χ4n) is 2.25. The van der Waals surface area contributed by atoms with E-state index in [1.807, 2.05) is 0 Å². The van der Waals surface area contributed by atoms with Crippen LogP contribution in [0.3, 0.4) is 0 Å². The van der Waals surface area contributed by atoms with Gasteiger partial charge in [0.25, 0.3) is 0 Å². The van der Waals surface area contributed by atoms with Crippen molar-refractivity contribution in [3.05, 3.63) is 35.4 Å². The zero-order valence-corrected chi connectivity index (χ0v) is 11.6. The summed E-state index contributed by atoms with van der Waals surface area (Å²) in [7, 11) is 0. The molecule has 1 fully saturated rings. The molecule has 8 heteroatoms. The van der Waals surface area contributed by atoms with E-state index in [1.165, 1.54) is 4.90 Å². The summed E-state index contributed by atoms with van der Waals surface area (Å²) in [6.45, 7) is -0.374. The van der Waals surface area contributed by atoms with Gasteiger partial charge in [-0.05, 0) is 17.7 Å².